The van der Waals surface area contributed by atoms with E-state index in [1.54, 1.807) is 0 Å². The van der Waals surface area contributed by atoms with Gasteiger partial charge in [0.25, 0.3) is 0 Å². The minimum absolute atomic E-state index is 0.163. The lowest BCUT2D eigenvalue weighted by molar-refractivity contribution is -0.132. The van der Waals surface area contributed by atoms with Crippen LogP contribution in [0.2, 0.25) is 0 Å². The molecule has 2 N–H and O–H groups in total. The summed E-state index contributed by atoms with van der Waals surface area (Å²) in [5.41, 5.74) is 5.67. The highest BCUT2D eigenvalue weighted by Crippen LogP contribution is 2.30. The third-order valence-electron chi connectivity index (χ3n) is 3.07. The first-order chi connectivity index (χ1) is 6.29. The van der Waals surface area contributed by atoms with Gasteiger partial charge < -0.3 is 10.6 Å². The van der Waals surface area contributed by atoms with E-state index in [-0.39, 0.29) is 12.0 Å². The molecule has 2 rings (SSSR count). The summed E-state index contributed by atoms with van der Waals surface area (Å²) in [5, 5.41) is 0. The van der Waals surface area contributed by atoms with Crippen molar-refractivity contribution in [1.29, 1.82) is 0 Å². The summed E-state index contributed by atoms with van der Waals surface area (Å²) in [6.07, 6.45) is 5.82. The van der Waals surface area contributed by atoms with E-state index in [1.807, 2.05) is 4.90 Å². The maximum atomic E-state index is 11.8. The summed E-state index contributed by atoms with van der Waals surface area (Å²) in [7, 11) is 0. The zero-order valence-corrected chi connectivity index (χ0v) is 8.04. The third-order valence-corrected chi connectivity index (χ3v) is 3.07. The number of carbonyl (C=O) groups excluding carboxylic acids is 1. The van der Waals surface area contributed by atoms with Crippen LogP contribution in [0.4, 0.5) is 0 Å². The third kappa shape index (κ3) is 2.02. The van der Waals surface area contributed by atoms with Crippen LogP contribution in [0.1, 0.15) is 32.1 Å². The minimum Gasteiger partial charge on any atom is -0.342 e. The first kappa shape index (κ1) is 9.00. The smallest absolute Gasteiger partial charge is 0.227 e. The number of carbonyl (C=O) groups is 1. The molecule has 0 aromatic carbocycles. The number of rotatable bonds is 1. The summed E-state index contributed by atoms with van der Waals surface area (Å²) in [5.74, 6) is 0.479. The first-order valence-corrected chi connectivity index (χ1v) is 5.33. The first-order valence-electron chi connectivity index (χ1n) is 5.33. The van der Waals surface area contributed by atoms with E-state index in [2.05, 4.69) is 0 Å². The second-order valence-electron chi connectivity index (χ2n) is 4.25. The molecule has 2 atom stereocenters. The van der Waals surface area contributed by atoms with Gasteiger partial charge in [-0.3, -0.25) is 4.79 Å². The van der Waals surface area contributed by atoms with Crippen molar-refractivity contribution >= 4 is 5.91 Å². The molecular formula is C10H18N2O. The topological polar surface area (TPSA) is 46.3 Å². The molecule has 3 heteroatoms. The van der Waals surface area contributed by atoms with Gasteiger partial charge in [0.05, 0.1) is 5.92 Å². The fourth-order valence-electron chi connectivity index (χ4n) is 2.02. The van der Waals surface area contributed by atoms with Crippen LogP contribution in [0.5, 0.6) is 0 Å². The summed E-state index contributed by atoms with van der Waals surface area (Å²) in [4.78, 5) is 13.8. The summed E-state index contributed by atoms with van der Waals surface area (Å²) in [6, 6.07) is 0.163. The highest BCUT2D eigenvalue weighted by atomic mass is 16.2. The minimum atomic E-state index is 0.163. The van der Waals surface area contributed by atoms with Crippen molar-refractivity contribution in [2.75, 3.05) is 13.1 Å². The highest BCUT2D eigenvalue weighted by Gasteiger charge is 2.42. The molecule has 2 aliphatic rings. The van der Waals surface area contributed by atoms with E-state index < -0.39 is 0 Å². The van der Waals surface area contributed by atoms with E-state index in [4.69, 9.17) is 5.73 Å². The van der Waals surface area contributed by atoms with Crippen molar-refractivity contribution in [3.05, 3.63) is 0 Å². The normalized spacial score (nSPS) is 34.1. The molecule has 2 unspecified atom stereocenters. The Bertz CT molecular complexity index is 197. The standard InChI is InChI=1S/C10H18N2O/c11-9-7-8(9)10(13)12-5-3-1-2-4-6-12/h8-9H,1-7,11H2. The average molecular weight is 182 g/mol. The van der Waals surface area contributed by atoms with Gasteiger partial charge in [0.1, 0.15) is 0 Å². The molecule has 1 heterocycles. The molecule has 3 nitrogen and oxygen atoms in total. The van der Waals surface area contributed by atoms with E-state index >= 15 is 0 Å². The van der Waals surface area contributed by atoms with Crippen molar-refractivity contribution < 1.29 is 4.79 Å². The Kier molecular flexibility index (Phi) is 2.54. The fraction of sp³-hybridized carbons (Fsp3) is 0.900. The maximum absolute atomic E-state index is 11.8. The number of nitrogens with zero attached hydrogens (tertiary/aromatic N) is 1. The maximum Gasteiger partial charge on any atom is 0.227 e. The van der Waals surface area contributed by atoms with Crippen molar-refractivity contribution in [2.24, 2.45) is 11.7 Å². The Morgan fingerprint density at radius 2 is 1.69 bits per heavy atom. The van der Waals surface area contributed by atoms with Gasteiger partial charge in [0.2, 0.25) is 5.91 Å². The monoisotopic (exact) mass is 182 g/mol. The number of nitrogens with two attached hydrogens (primary N) is 1. The second kappa shape index (κ2) is 3.66. The van der Waals surface area contributed by atoms with Crippen LogP contribution < -0.4 is 5.73 Å². The van der Waals surface area contributed by atoms with Crippen LogP contribution >= 0.6 is 0 Å². The van der Waals surface area contributed by atoms with Gasteiger partial charge >= 0.3 is 0 Å². The molecule has 74 valence electrons. The van der Waals surface area contributed by atoms with Gasteiger partial charge in [-0.25, -0.2) is 0 Å². The predicted octanol–water partition coefficient (Wildman–Crippen LogP) is 0.736. The molecule has 13 heavy (non-hydrogen) atoms. The molecule has 1 aliphatic heterocycles. The predicted molar refractivity (Wildman–Crippen MR) is 51.1 cm³/mol. The van der Waals surface area contributed by atoms with Gasteiger partial charge in [-0.2, -0.15) is 0 Å². The molecule has 1 saturated carbocycles. The van der Waals surface area contributed by atoms with Crippen molar-refractivity contribution in [3.8, 4) is 0 Å². The molecule has 0 radical (unpaired) electrons. The van der Waals surface area contributed by atoms with Gasteiger partial charge in [0, 0.05) is 19.1 Å². The van der Waals surface area contributed by atoms with Crippen molar-refractivity contribution in [1.82, 2.24) is 4.90 Å². The molecule has 1 saturated heterocycles. The number of amides is 1. The average Bonchev–Trinajstić information content (AvgIpc) is 2.86. The Hall–Kier alpha value is -0.570. The number of hydrogen-bond donors (Lipinski definition) is 1. The quantitative estimate of drug-likeness (QED) is 0.650. The largest absolute Gasteiger partial charge is 0.342 e. The molecule has 1 aliphatic carbocycles. The van der Waals surface area contributed by atoms with Crippen LogP contribution in [-0.4, -0.2) is 29.9 Å². The molecule has 0 aromatic heterocycles. The van der Waals surface area contributed by atoms with Crippen molar-refractivity contribution in [3.63, 3.8) is 0 Å². The van der Waals surface area contributed by atoms with Crippen LogP contribution in [0.15, 0.2) is 0 Å². The molecule has 0 aromatic rings. The van der Waals surface area contributed by atoms with Gasteiger partial charge in [0.15, 0.2) is 0 Å². The molecule has 0 bridgehead atoms. The van der Waals surface area contributed by atoms with Crippen LogP contribution in [-0.2, 0) is 4.79 Å². The second-order valence-corrected chi connectivity index (χ2v) is 4.25. The Morgan fingerprint density at radius 1 is 1.15 bits per heavy atom. The Morgan fingerprint density at radius 3 is 2.15 bits per heavy atom. The van der Waals surface area contributed by atoms with E-state index in [0.29, 0.717) is 5.91 Å². The highest BCUT2D eigenvalue weighted by molar-refractivity contribution is 5.82. The number of likely N-dealkylation sites (tertiary alicyclic amines) is 1. The zero-order chi connectivity index (χ0) is 9.26. The van der Waals surface area contributed by atoms with Gasteiger partial charge in [-0.05, 0) is 19.3 Å². The van der Waals surface area contributed by atoms with Gasteiger partial charge in [-0.1, -0.05) is 12.8 Å². The molecule has 2 fully saturated rings. The van der Waals surface area contributed by atoms with Crippen LogP contribution in [0, 0.1) is 5.92 Å². The number of hydrogen-bond acceptors (Lipinski definition) is 2. The van der Waals surface area contributed by atoms with Crippen LogP contribution in [0.3, 0.4) is 0 Å². The van der Waals surface area contributed by atoms with E-state index in [9.17, 15) is 4.79 Å². The van der Waals surface area contributed by atoms with E-state index in [1.165, 1.54) is 25.7 Å². The van der Waals surface area contributed by atoms with E-state index in [0.717, 1.165) is 19.5 Å². The summed E-state index contributed by atoms with van der Waals surface area (Å²) < 4.78 is 0. The van der Waals surface area contributed by atoms with Crippen molar-refractivity contribution in [2.45, 2.75) is 38.1 Å². The molecule has 0 spiro atoms. The fourth-order valence-corrected chi connectivity index (χ4v) is 2.02. The lowest BCUT2D eigenvalue weighted by Gasteiger charge is -2.19. The lowest BCUT2D eigenvalue weighted by atomic mass is 10.2. The Labute approximate surface area is 79.3 Å². The van der Waals surface area contributed by atoms with Gasteiger partial charge in [-0.15, -0.1) is 0 Å². The lowest BCUT2D eigenvalue weighted by Crippen LogP contribution is -2.34. The summed E-state index contributed by atoms with van der Waals surface area (Å²) >= 11 is 0. The van der Waals surface area contributed by atoms with Crippen LogP contribution in [0.25, 0.3) is 0 Å². The Balaban J connectivity index is 1.87. The molecular weight excluding hydrogens is 164 g/mol. The SMILES string of the molecule is NC1CC1C(=O)N1CCCCCC1. The summed E-state index contributed by atoms with van der Waals surface area (Å²) in [6.45, 7) is 1.92. The molecule has 1 amide bonds. The zero-order valence-electron chi connectivity index (χ0n) is 8.04.